The molecule has 2 heteroatoms. The summed E-state index contributed by atoms with van der Waals surface area (Å²) in [4.78, 5) is 0. The van der Waals surface area contributed by atoms with Gasteiger partial charge in [-0.25, -0.2) is 0 Å². The molecule has 1 N–H and O–H groups in total. The summed E-state index contributed by atoms with van der Waals surface area (Å²) in [6, 6.07) is 15.2. The Morgan fingerprint density at radius 1 is 1.00 bits per heavy atom. The van der Waals surface area contributed by atoms with Gasteiger partial charge in [0, 0.05) is 12.1 Å². The Morgan fingerprint density at radius 2 is 1.70 bits per heavy atom. The van der Waals surface area contributed by atoms with Crippen LogP contribution in [-0.2, 0) is 13.0 Å². The zero-order chi connectivity index (χ0) is 14.4. The molecule has 20 heavy (non-hydrogen) atoms. The van der Waals surface area contributed by atoms with Gasteiger partial charge in [0.05, 0.1) is 7.11 Å². The Labute approximate surface area is 121 Å². The van der Waals surface area contributed by atoms with Crippen molar-refractivity contribution in [2.45, 2.75) is 26.3 Å². The smallest absolute Gasteiger partial charge is 0.123 e. The Balaban J connectivity index is 2.29. The van der Waals surface area contributed by atoms with Gasteiger partial charge in [0.2, 0.25) is 0 Å². The molecule has 0 saturated carbocycles. The molecule has 0 heterocycles. The van der Waals surface area contributed by atoms with E-state index in [2.05, 4.69) is 48.6 Å². The molecule has 0 bridgehead atoms. The van der Waals surface area contributed by atoms with Crippen molar-refractivity contribution in [3.8, 4) is 16.9 Å². The first-order valence-corrected chi connectivity index (χ1v) is 7.19. The van der Waals surface area contributed by atoms with E-state index in [1.54, 1.807) is 7.11 Å². The molecule has 0 aliphatic carbocycles. The van der Waals surface area contributed by atoms with Gasteiger partial charge >= 0.3 is 0 Å². The van der Waals surface area contributed by atoms with Gasteiger partial charge in [-0.2, -0.15) is 0 Å². The molecule has 0 saturated heterocycles. The number of methoxy groups -OCH3 is 1. The van der Waals surface area contributed by atoms with Crippen molar-refractivity contribution >= 4 is 0 Å². The average Bonchev–Trinajstić information content (AvgIpc) is 2.49. The zero-order valence-corrected chi connectivity index (χ0v) is 12.6. The molecule has 0 spiro atoms. The molecule has 2 aromatic rings. The van der Waals surface area contributed by atoms with Crippen LogP contribution in [0.25, 0.3) is 11.1 Å². The molecule has 0 radical (unpaired) electrons. The van der Waals surface area contributed by atoms with Crippen LogP contribution in [0.15, 0.2) is 42.5 Å². The maximum absolute atomic E-state index is 5.40. The molecule has 0 aliphatic rings. The summed E-state index contributed by atoms with van der Waals surface area (Å²) in [5.74, 6) is 0.936. The molecular formula is C18H23NO. The van der Waals surface area contributed by atoms with Crippen LogP contribution in [0.4, 0.5) is 0 Å². The minimum absolute atomic E-state index is 0.810. The molecule has 2 rings (SSSR count). The summed E-state index contributed by atoms with van der Waals surface area (Å²) >= 11 is 0. The third-order valence-corrected chi connectivity index (χ3v) is 3.47. The van der Waals surface area contributed by atoms with Gasteiger partial charge in [-0.05, 0) is 42.3 Å². The Kier molecular flexibility index (Phi) is 5.19. The first-order chi connectivity index (χ1) is 9.78. The van der Waals surface area contributed by atoms with Gasteiger partial charge in [-0.15, -0.1) is 0 Å². The molecule has 0 unspecified atom stereocenters. The fourth-order valence-electron chi connectivity index (χ4n) is 2.44. The van der Waals surface area contributed by atoms with Crippen LogP contribution in [0.3, 0.4) is 0 Å². The third-order valence-electron chi connectivity index (χ3n) is 3.47. The van der Waals surface area contributed by atoms with E-state index >= 15 is 0 Å². The lowest BCUT2D eigenvalue weighted by atomic mass is 10.00. The molecule has 2 aromatic carbocycles. The fourth-order valence-corrected chi connectivity index (χ4v) is 2.44. The van der Waals surface area contributed by atoms with Crippen molar-refractivity contribution in [2.75, 3.05) is 14.2 Å². The van der Waals surface area contributed by atoms with Crippen molar-refractivity contribution in [2.24, 2.45) is 0 Å². The van der Waals surface area contributed by atoms with Crippen molar-refractivity contribution < 1.29 is 4.74 Å². The van der Waals surface area contributed by atoms with E-state index in [9.17, 15) is 0 Å². The van der Waals surface area contributed by atoms with Crippen molar-refractivity contribution in [3.05, 3.63) is 53.6 Å². The van der Waals surface area contributed by atoms with Crippen LogP contribution < -0.4 is 10.1 Å². The van der Waals surface area contributed by atoms with Crippen molar-refractivity contribution in [1.29, 1.82) is 0 Å². The molecule has 0 atom stereocenters. The highest BCUT2D eigenvalue weighted by Crippen LogP contribution is 2.27. The van der Waals surface area contributed by atoms with Crippen molar-refractivity contribution in [1.82, 2.24) is 5.32 Å². The molecule has 0 aliphatic heterocycles. The van der Waals surface area contributed by atoms with Gasteiger partial charge in [-0.3, -0.25) is 0 Å². The van der Waals surface area contributed by atoms with E-state index in [0.29, 0.717) is 0 Å². The Bertz CT molecular complexity index is 546. The second kappa shape index (κ2) is 7.11. The third kappa shape index (κ3) is 3.40. The maximum Gasteiger partial charge on any atom is 0.123 e. The lowest BCUT2D eigenvalue weighted by Crippen LogP contribution is -2.06. The van der Waals surface area contributed by atoms with Crippen LogP contribution in [0.5, 0.6) is 5.75 Å². The van der Waals surface area contributed by atoms with Gasteiger partial charge in [0.15, 0.2) is 0 Å². The quantitative estimate of drug-likeness (QED) is 0.854. The predicted molar refractivity (Wildman–Crippen MR) is 85.2 cm³/mol. The average molecular weight is 269 g/mol. The van der Waals surface area contributed by atoms with Gasteiger partial charge in [0.25, 0.3) is 0 Å². The SMILES string of the molecule is CCCc1ccc(-c2ccc(OC)c(CNC)c2)cc1. The van der Waals surface area contributed by atoms with E-state index in [1.165, 1.54) is 28.7 Å². The minimum atomic E-state index is 0.810. The highest BCUT2D eigenvalue weighted by Gasteiger charge is 2.05. The van der Waals surface area contributed by atoms with Crippen LogP contribution in [0.2, 0.25) is 0 Å². The minimum Gasteiger partial charge on any atom is -0.496 e. The lowest BCUT2D eigenvalue weighted by molar-refractivity contribution is 0.408. The molecule has 0 aromatic heterocycles. The summed E-state index contributed by atoms with van der Waals surface area (Å²) in [6.07, 6.45) is 2.34. The Hall–Kier alpha value is -1.80. The zero-order valence-electron chi connectivity index (χ0n) is 12.6. The van der Waals surface area contributed by atoms with E-state index in [4.69, 9.17) is 4.74 Å². The second-order valence-corrected chi connectivity index (χ2v) is 5.00. The topological polar surface area (TPSA) is 21.3 Å². The summed E-state index contributed by atoms with van der Waals surface area (Å²) in [5.41, 5.74) is 5.08. The molecule has 0 fully saturated rings. The predicted octanol–water partition coefficient (Wildman–Crippen LogP) is 4.03. The van der Waals surface area contributed by atoms with E-state index in [0.717, 1.165) is 18.7 Å². The largest absolute Gasteiger partial charge is 0.496 e. The number of aryl methyl sites for hydroxylation is 1. The normalized spacial score (nSPS) is 10.6. The first kappa shape index (κ1) is 14.6. The summed E-state index contributed by atoms with van der Waals surface area (Å²) in [7, 11) is 3.67. The van der Waals surface area contributed by atoms with Crippen LogP contribution in [-0.4, -0.2) is 14.2 Å². The van der Waals surface area contributed by atoms with Crippen LogP contribution in [0.1, 0.15) is 24.5 Å². The van der Waals surface area contributed by atoms with Gasteiger partial charge in [-0.1, -0.05) is 43.7 Å². The van der Waals surface area contributed by atoms with Gasteiger partial charge in [0.1, 0.15) is 5.75 Å². The number of ether oxygens (including phenoxy) is 1. The summed E-state index contributed by atoms with van der Waals surface area (Å²) in [5, 5.41) is 3.18. The molecular weight excluding hydrogens is 246 g/mol. The standard InChI is InChI=1S/C18H23NO/c1-4-5-14-6-8-15(9-7-14)16-10-11-18(20-3)17(12-16)13-19-2/h6-12,19H,4-5,13H2,1-3H3. The van der Waals surface area contributed by atoms with Gasteiger partial charge < -0.3 is 10.1 Å². The fraction of sp³-hybridized carbons (Fsp3) is 0.333. The molecule has 0 amide bonds. The van der Waals surface area contributed by atoms with E-state index < -0.39 is 0 Å². The highest BCUT2D eigenvalue weighted by atomic mass is 16.5. The summed E-state index contributed by atoms with van der Waals surface area (Å²) in [6.45, 7) is 3.02. The monoisotopic (exact) mass is 269 g/mol. The summed E-state index contributed by atoms with van der Waals surface area (Å²) < 4.78 is 5.40. The molecule has 2 nitrogen and oxygen atoms in total. The number of benzene rings is 2. The van der Waals surface area contributed by atoms with Crippen LogP contribution in [0, 0.1) is 0 Å². The number of hydrogen-bond donors (Lipinski definition) is 1. The lowest BCUT2D eigenvalue weighted by Gasteiger charge is -2.11. The maximum atomic E-state index is 5.40. The Morgan fingerprint density at radius 3 is 2.30 bits per heavy atom. The van der Waals surface area contributed by atoms with E-state index in [-0.39, 0.29) is 0 Å². The number of nitrogens with one attached hydrogen (secondary N) is 1. The number of hydrogen-bond acceptors (Lipinski definition) is 2. The molecule has 106 valence electrons. The first-order valence-electron chi connectivity index (χ1n) is 7.19. The van der Waals surface area contributed by atoms with Crippen molar-refractivity contribution in [3.63, 3.8) is 0 Å². The van der Waals surface area contributed by atoms with Crippen LogP contribution >= 0.6 is 0 Å². The number of rotatable bonds is 6. The van der Waals surface area contributed by atoms with E-state index in [1.807, 2.05) is 13.1 Å². The second-order valence-electron chi connectivity index (χ2n) is 5.00. The highest BCUT2D eigenvalue weighted by molar-refractivity contribution is 5.66.